The molecule has 1 aliphatic carbocycles. The van der Waals surface area contributed by atoms with Gasteiger partial charge in [-0.3, -0.25) is 0 Å². The third kappa shape index (κ3) is 4.53. The van der Waals surface area contributed by atoms with Gasteiger partial charge in [-0.15, -0.1) is 11.8 Å². The summed E-state index contributed by atoms with van der Waals surface area (Å²) in [6, 6.07) is 6.95. The molecule has 0 unspecified atom stereocenters. The summed E-state index contributed by atoms with van der Waals surface area (Å²) >= 11 is 7.99. The second-order valence-electron chi connectivity index (χ2n) is 5.62. The van der Waals surface area contributed by atoms with Gasteiger partial charge < -0.3 is 5.32 Å². The molecular formula is C14H20ClNS. The van der Waals surface area contributed by atoms with Gasteiger partial charge in [-0.05, 0) is 36.6 Å². The Balaban J connectivity index is 2.11. The summed E-state index contributed by atoms with van der Waals surface area (Å²) in [4.78, 5) is 1.34. The van der Waals surface area contributed by atoms with Gasteiger partial charge in [0.05, 0.1) is 0 Å². The molecule has 0 heterocycles. The monoisotopic (exact) mass is 269 g/mol. The fourth-order valence-electron chi connectivity index (χ4n) is 1.66. The van der Waals surface area contributed by atoms with Gasteiger partial charge in [-0.1, -0.05) is 32.4 Å². The minimum absolute atomic E-state index is 0.238. The Morgan fingerprint density at radius 1 is 1.35 bits per heavy atom. The van der Waals surface area contributed by atoms with Crippen molar-refractivity contribution >= 4 is 23.4 Å². The van der Waals surface area contributed by atoms with Gasteiger partial charge in [0, 0.05) is 27.3 Å². The molecule has 1 aromatic rings. The molecule has 1 nitrogen and oxygen atoms in total. The second-order valence-corrected chi connectivity index (χ2v) is 7.93. The highest BCUT2D eigenvalue weighted by molar-refractivity contribution is 8.00. The van der Waals surface area contributed by atoms with Crippen molar-refractivity contribution in [1.29, 1.82) is 0 Å². The van der Waals surface area contributed by atoms with Crippen LogP contribution in [0.1, 0.15) is 39.2 Å². The van der Waals surface area contributed by atoms with E-state index in [2.05, 4.69) is 38.2 Å². The normalized spacial score (nSPS) is 16.2. The predicted molar refractivity (Wildman–Crippen MR) is 76.9 cm³/mol. The van der Waals surface area contributed by atoms with Crippen molar-refractivity contribution in [3.05, 3.63) is 28.8 Å². The molecule has 1 fully saturated rings. The standard InChI is InChI=1S/C14H20ClNS/c1-14(2,3)17-13-7-4-11(15)8-10(13)9-16-12-5-6-12/h4,7-8,12,16H,5-6,9H2,1-3H3. The number of hydrogen-bond donors (Lipinski definition) is 1. The molecule has 1 saturated carbocycles. The van der Waals surface area contributed by atoms with E-state index in [1.54, 1.807) is 0 Å². The lowest BCUT2D eigenvalue weighted by atomic mass is 10.2. The Labute approximate surface area is 113 Å². The van der Waals surface area contributed by atoms with Crippen molar-refractivity contribution in [3.8, 4) is 0 Å². The molecule has 17 heavy (non-hydrogen) atoms. The summed E-state index contributed by atoms with van der Waals surface area (Å²) < 4.78 is 0.238. The summed E-state index contributed by atoms with van der Waals surface area (Å²) in [6.07, 6.45) is 2.64. The first-order valence-corrected chi connectivity index (χ1v) is 7.34. The Morgan fingerprint density at radius 2 is 2.06 bits per heavy atom. The number of thioether (sulfide) groups is 1. The van der Waals surface area contributed by atoms with Crippen molar-refractivity contribution in [2.24, 2.45) is 0 Å². The Hall–Kier alpha value is -0.180. The third-order valence-corrected chi connectivity index (χ3v) is 4.06. The van der Waals surface area contributed by atoms with Gasteiger partial charge in [0.25, 0.3) is 0 Å². The van der Waals surface area contributed by atoms with Gasteiger partial charge in [-0.25, -0.2) is 0 Å². The Bertz CT molecular complexity index is 394. The third-order valence-electron chi connectivity index (χ3n) is 2.60. The number of benzene rings is 1. The van der Waals surface area contributed by atoms with Gasteiger partial charge in [0.1, 0.15) is 0 Å². The van der Waals surface area contributed by atoms with Crippen molar-refractivity contribution in [2.45, 2.75) is 55.8 Å². The van der Waals surface area contributed by atoms with E-state index >= 15 is 0 Å². The maximum Gasteiger partial charge on any atom is 0.0410 e. The molecule has 0 radical (unpaired) electrons. The zero-order chi connectivity index (χ0) is 12.5. The van der Waals surface area contributed by atoms with Crippen LogP contribution in [0.3, 0.4) is 0 Å². The number of halogens is 1. The highest BCUT2D eigenvalue weighted by atomic mass is 35.5. The fraction of sp³-hybridized carbons (Fsp3) is 0.571. The van der Waals surface area contributed by atoms with E-state index in [1.165, 1.54) is 23.3 Å². The highest BCUT2D eigenvalue weighted by Crippen LogP contribution is 2.35. The Morgan fingerprint density at radius 3 is 2.65 bits per heavy atom. The van der Waals surface area contributed by atoms with Crippen LogP contribution in [-0.2, 0) is 6.54 Å². The van der Waals surface area contributed by atoms with Crippen LogP contribution in [0, 0.1) is 0 Å². The van der Waals surface area contributed by atoms with Crippen LogP contribution >= 0.6 is 23.4 Å². The summed E-state index contributed by atoms with van der Waals surface area (Å²) in [5, 5.41) is 4.38. The zero-order valence-electron chi connectivity index (χ0n) is 10.7. The molecule has 0 atom stereocenters. The second kappa shape index (κ2) is 5.21. The minimum atomic E-state index is 0.238. The van der Waals surface area contributed by atoms with E-state index in [-0.39, 0.29) is 4.75 Å². The predicted octanol–water partition coefficient (Wildman–Crippen LogP) is 4.48. The van der Waals surface area contributed by atoms with Gasteiger partial charge in [-0.2, -0.15) is 0 Å². The molecule has 0 aliphatic heterocycles. The molecule has 0 bridgehead atoms. The lowest BCUT2D eigenvalue weighted by molar-refractivity contribution is 0.679. The van der Waals surface area contributed by atoms with E-state index in [4.69, 9.17) is 11.6 Å². The molecule has 1 aromatic carbocycles. The van der Waals surface area contributed by atoms with E-state index in [0.29, 0.717) is 0 Å². The van der Waals surface area contributed by atoms with Gasteiger partial charge >= 0.3 is 0 Å². The maximum atomic E-state index is 6.08. The number of hydrogen-bond acceptors (Lipinski definition) is 2. The van der Waals surface area contributed by atoms with E-state index in [0.717, 1.165) is 17.6 Å². The first-order chi connectivity index (χ1) is 7.94. The van der Waals surface area contributed by atoms with Crippen molar-refractivity contribution in [3.63, 3.8) is 0 Å². The molecule has 0 aromatic heterocycles. The summed E-state index contributed by atoms with van der Waals surface area (Å²) in [5.41, 5.74) is 1.32. The van der Waals surface area contributed by atoms with E-state index in [1.807, 2.05) is 17.8 Å². The molecule has 94 valence electrons. The first kappa shape index (κ1) is 13.3. The topological polar surface area (TPSA) is 12.0 Å². The number of rotatable bonds is 4. The van der Waals surface area contributed by atoms with Crippen LogP contribution in [-0.4, -0.2) is 10.8 Å². The van der Waals surface area contributed by atoms with Crippen LogP contribution < -0.4 is 5.32 Å². The quantitative estimate of drug-likeness (QED) is 0.809. The van der Waals surface area contributed by atoms with Crippen LogP contribution in [0.2, 0.25) is 5.02 Å². The summed E-state index contributed by atoms with van der Waals surface area (Å²) in [7, 11) is 0. The minimum Gasteiger partial charge on any atom is -0.310 e. The fourth-order valence-corrected chi connectivity index (χ4v) is 2.91. The average molecular weight is 270 g/mol. The van der Waals surface area contributed by atoms with Crippen LogP contribution in [0.5, 0.6) is 0 Å². The van der Waals surface area contributed by atoms with Crippen LogP contribution in [0.15, 0.2) is 23.1 Å². The van der Waals surface area contributed by atoms with Crippen LogP contribution in [0.4, 0.5) is 0 Å². The molecule has 1 N–H and O–H groups in total. The molecule has 0 amide bonds. The first-order valence-electron chi connectivity index (χ1n) is 6.15. The SMILES string of the molecule is CC(C)(C)Sc1ccc(Cl)cc1CNC1CC1. The largest absolute Gasteiger partial charge is 0.310 e. The summed E-state index contributed by atoms with van der Waals surface area (Å²) in [5.74, 6) is 0. The molecule has 3 heteroatoms. The lowest BCUT2D eigenvalue weighted by Gasteiger charge is -2.20. The van der Waals surface area contributed by atoms with E-state index < -0.39 is 0 Å². The molecule has 2 rings (SSSR count). The van der Waals surface area contributed by atoms with Crippen LogP contribution in [0.25, 0.3) is 0 Å². The lowest BCUT2D eigenvalue weighted by Crippen LogP contribution is -2.16. The van der Waals surface area contributed by atoms with Crippen molar-refractivity contribution in [2.75, 3.05) is 0 Å². The van der Waals surface area contributed by atoms with Gasteiger partial charge in [0.2, 0.25) is 0 Å². The molecule has 0 spiro atoms. The average Bonchev–Trinajstić information content (AvgIpc) is 3.00. The number of nitrogens with one attached hydrogen (secondary N) is 1. The molecule has 1 aliphatic rings. The van der Waals surface area contributed by atoms with Crippen molar-refractivity contribution < 1.29 is 0 Å². The zero-order valence-corrected chi connectivity index (χ0v) is 12.3. The maximum absolute atomic E-state index is 6.08. The molecular weight excluding hydrogens is 250 g/mol. The van der Waals surface area contributed by atoms with E-state index in [9.17, 15) is 0 Å². The Kier molecular flexibility index (Phi) is 4.06. The van der Waals surface area contributed by atoms with Gasteiger partial charge in [0.15, 0.2) is 0 Å². The summed E-state index contributed by atoms with van der Waals surface area (Å²) in [6.45, 7) is 7.66. The molecule has 0 saturated heterocycles. The highest BCUT2D eigenvalue weighted by Gasteiger charge is 2.21. The van der Waals surface area contributed by atoms with Crippen molar-refractivity contribution in [1.82, 2.24) is 5.32 Å². The smallest absolute Gasteiger partial charge is 0.0410 e.